The number of nitrogens with zero attached hydrogens (tertiary/aromatic N) is 1. The van der Waals surface area contributed by atoms with Gasteiger partial charge < -0.3 is 15.7 Å². The second-order valence-corrected chi connectivity index (χ2v) is 4.46. The number of carbonyl (C=O) groups is 2. The van der Waals surface area contributed by atoms with Gasteiger partial charge in [-0.25, -0.2) is 4.79 Å². The van der Waals surface area contributed by atoms with E-state index in [9.17, 15) is 9.59 Å². The first kappa shape index (κ1) is 15.0. The van der Waals surface area contributed by atoms with Crippen molar-refractivity contribution in [3.63, 3.8) is 0 Å². The maximum absolute atomic E-state index is 11.6. The Labute approximate surface area is 111 Å². The second-order valence-electron chi connectivity index (χ2n) is 4.46. The lowest BCUT2D eigenvalue weighted by atomic mass is 10.0. The summed E-state index contributed by atoms with van der Waals surface area (Å²) in [5.41, 5.74) is 1.84. The number of aliphatic carboxylic acids is 1. The van der Waals surface area contributed by atoms with Gasteiger partial charge in [-0.1, -0.05) is 13.3 Å². The highest BCUT2D eigenvalue weighted by molar-refractivity contribution is 5.74. The van der Waals surface area contributed by atoms with Crippen molar-refractivity contribution in [3.8, 4) is 0 Å². The molecule has 0 radical (unpaired) electrons. The second kappa shape index (κ2) is 7.40. The van der Waals surface area contributed by atoms with Crippen LogP contribution in [0.1, 0.15) is 31.0 Å². The molecule has 7 nitrogen and oxygen atoms in total. The predicted molar refractivity (Wildman–Crippen MR) is 69.6 cm³/mol. The summed E-state index contributed by atoms with van der Waals surface area (Å²) < 4.78 is 0. The van der Waals surface area contributed by atoms with Crippen molar-refractivity contribution in [1.82, 2.24) is 20.8 Å². The lowest BCUT2D eigenvalue weighted by Gasteiger charge is -2.13. The third-order valence-corrected chi connectivity index (χ3v) is 2.97. The Bertz CT molecular complexity index is 430. The number of H-pyrrole nitrogens is 1. The van der Waals surface area contributed by atoms with Crippen LogP contribution < -0.4 is 10.6 Å². The lowest BCUT2D eigenvalue weighted by Crippen LogP contribution is -2.38. The Hall–Kier alpha value is -2.05. The number of hydrogen-bond donors (Lipinski definition) is 4. The van der Waals surface area contributed by atoms with E-state index in [1.165, 1.54) is 0 Å². The van der Waals surface area contributed by atoms with Crippen molar-refractivity contribution in [2.45, 2.75) is 33.2 Å². The molecule has 0 spiro atoms. The topological polar surface area (TPSA) is 107 Å². The molecule has 2 amide bonds. The maximum atomic E-state index is 11.6. The van der Waals surface area contributed by atoms with Crippen LogP contribution in [0.4, 0.5) is 4.79 Å². The molecular formula is C12H20N4O3. The average Bonchev–Trinajstić information content (AvgIpc) is 2.77. The number of hydrogen-bond acceptors (Lipinski definition) is 3. The van der Waals surface area contributed by atoms with E-state index >= 15 is 0 Å². The van der Waals surface area contributed by atoms with Gasteiger partial charge in [0.15, 0.2) is 0 Å². The first-order valence-electron chi connectivity index (χ1n) is 6.25. The average molecular weight is 268 g/mol. The van der Waals surface area contributed by atoms with Crippen LogP contribution in [0.2, 0.25) is 0 Å². The van der Waals surface area contributed by atoms with Crippen molar-refractivity contribution in [3.05, 3.63) is 17.5 Å². The summed E-state index contributed by atoms with van der Waals surface area (Å²) in [6, 6.07) is -0.301. The molecule has 1 aromatic heterocycles. The molecule has 7 heteroatoms. The van der Waals surface area contributed by atoms with Crippen LogP contribution in [-0.4, -0.2) is 33.8 Å². The van der Waals surface area contributed by atoms with Crippen LogP contribution in [0.25, 0.3) is 0 Å². The third kappa shape index (κ3) is 5.41. The molecule has 0 aliphatic rings. The number of urea groups is 1. The van der Waals surface area contributed by atoms with Gasteiger partial charge in [0.2, 0.25) is 0 Å². The fourth-order valence-corrected chi connectivity index (χ4v) is 1.64. The number of aromatic amines is 1. The van der Waals surface area contributed by atoms with E-state index in [2.05, 4.69) is 20.8 Å². The van der Waals surface area contributed by atoms with E-state index in [-0.39, 0.29) is 18.4 Å². The van der Waals surface area contributed by atoms with Crippen molar-refractivity contribution in [2.24, 2.45) is 5.92 Å². The van der Waals surface area contributed by atoms with Gasteiger partial charge in [0.25, 0.3) is 0 Å². The SMILES string of the molecule is CCC(CNC(=O)NCc1cn[nH]c1C)CC(=O)O. The predicted octanol–water partition coefficient (Wildman–Crippen LogP) is 1.02. The number of amides is 2. The zero-order valence-electron chi connectivity index (χ0n) is 11.2. The molecule has 106 valence electrons. The monoisotopic (exact) mass is 268 g/mol. The van der Waals surface area contributed by atoms with Gasteiger partial charge in [0.05, 0.1) is 6.20 Å². The van der Waals surface area contributed by atoms with E-state index in [1.807, 2.05) is 13.8 Å². The Kier molecular flexibility index (Phi) is 5.84. The summed E-state index contributed by atoms with van der Waals surface area (Å²) in [4.78, 5) is 22.1. The van der Waals surface area contributed by atoms with Gasteiger partial charge in [-0.3, -0.25) is 9.89 Å². The molecule has 1 rings (SSSR count). The van der Waals surface area contributed by atoms with Crippen LogP contribution in [-0.2, 0) is 11.3 Å². The Balaban J connectivity index is 2.27. The van der Waals surface area contributed by atoms with Crippen LogP contribution in [0.5, 0.6) is 0 Å². The molecular weight excluding hydrogens is 248 g/mol. The molecule has 1 heterocycles. The molecule has 1 atom stereocenters. The number of carbonyl (C=O) groups excluding carboxylic acids is 1. The quantitative estimate of drug-likeness (QED) is 0.592. The minimum absolute atomic E-state index is 0.0427. The van der Waals surface area contributed by atoms with Crippen LogP contribution in [0.15, 0.2) is 6.20 Å². The van der Waals surface area contributed by atoms with Gasteiger partial charge in [-0.15, -0.1) is 0 Å². The molecule has 1 aromatic rings. The van der Waals surface area contributed by atoms with Gasteiger partial charge >= 0.3 is 12.0 Å². The summed E-state index contributed by atoms with van der Waals surface area (Å²) >= 11 is 0. The number of aromatic nitrogens is 2. The summed E-state index contributed by atoms with van der Waals surface area (Å²) in [6.45, 7) is 4.53. The van der Waals surface area contributed by atoms with Gasteiger partial charge in [0, 0.05) is 30.8 Å². The van der Waals surface area contributed by atoms with Gasteiger partial charge in [0.1, 0.15) is 0 Å². The summed E-state index contributed by atoms with van der Waals surface area (Å²) in [5, 5.41) is 20.7. The Morgan fingerprint density at radius 3 is 2.74 bits per heavy atom. The fraction of sp³-hybridized carbons (Fsp3) is 0.583. The Morgan fingerprint density at radius 1 is 1.47 bits per heavy atom. The molecule has 19 heavy (non-hydrogen) atoms. The number of carboxylic acids is 1. The van der Waals surface area contributed by atoms with Crippen molar-refractivity contribution >= 4 is 12.0 Å². The lowest BCUT2D eigenvalue weighted by molar-refractivity contribution is -0.138. The smallest absolute Gasteiger partial charge is 0.315 e. The van der Waals surface area contributed by atoms with Crippen molar-refractivity contribution < 1.29 is 14.7 Å². The van der Waals surface area contributed by atoms with Crippen LogP contribution in [0.3, 0.4) is 0 Å². The highest BCUT2D eigenvalue weighted by atomic mass is 16.4. The standard InChI is InChI=1S/C12H20N4O3/c1-3-9(4-11(17)18)5-13-12(19)14-6-10-7-15-16-8(10)2/h7,9H,3-6H2,1-2H3,(H,15,16)(H,17,18)(H2,13,14,19). The van der Waals surface area contributed by atoms with Crippen LogP contribution in [0, 0.1) is 12.8 Å². The molecule has 0 saturated carbocycles. The number of carboxylic acid groups (broad SMARTS) is 1. The normalized spacial score (nSPS) is 11.9. The summed E-state index contributed by atoms with van der Waals surface area (Å²) in [6.07, 6.45) is 2.44. The van der Waals surface area contributed by atoms with E-state index in [4.69, 9.17) is 5.11 Å². The minimum atomic E-state index is -0.844. The molecule has 1 unspecified atom stereocenters. The molecule has 0 aliphatic heterocycles. The van der Waals surface area contributed by atoms with Crippen molar-refractivity contribution in [1.29, 1.82) is 0 Å². The zero-order valence-corrected chi connectivity index (χ0v) is 11.2. The minimum Gasteiger partial charge on any atom is -0.481 e. The third-order valence-electron chi connectivity index (χ3n) is 2.97. The van der Waals surface area contributed by atoms with Crippen LogP contribution >= 0.6 is 0 Å². The highest BCUT2D eigenvalue weighted by Crippen LogP contribution is 2.06. The van der Waals surface area contributed by atoms with Crippen molar-refractivity contribution in [2.75, 3.05) is 6.54 Å². The van der Waals surface area contributed by atoms with E-state index < -0.39 is 5.97 Å². The molecule has 0 fully saturated rings. The Morgan fingerprint density at radius 2 is 2.21 bits per heavy atom. The zero-order chi connectivity index (χ0) is 14.3. The van der Waals surface area contributed by atoms with Gasteiger partial charge in [-0.05, 0) is 12.8 Å². The number of aryl methyl sites for hydroxylation is 1. The number of nitrogens with one attached hydrogen (secondary N) is 3. The van der Waals surface area contributed by atoms with E-state index in [1.54, 1.807) is 6.20 Å². The fourth-order valence-electron chi connectivity index (χ4n) is 1.64. The van der Waals surface area contributed by atoms with Gasteiger partial charge in [-0.2, -0.15) is 5.10 Å². The highest BCUT2D eigenvalue weighted by Gasteiger charge is 2.12. The molecule has 0 bridgehead atoms. The maximum Gasteiger partial charge on any atom is 0.315 e. The molecule has 4 N–H and O–H groups in total. The summed E-state index contributed by atoms with van der Waals surface area (Å²) in [5.74, 6) is -0.887. The molecule has 0 aliphatic carbocycles. The first-order valence-corrected chi connectivity index (χ1v) is 6.25. The largest absolute Gasteiger partial charge is 0.481 e. The molecule has 0 aromatic carbocycles. The first-order chi connectivity index (χ1) is 9.02. The van der Waals surface area contributed by atoms with E-state index in [0.29, 0.717) is 19.5 Å². The number of rotatable bonds is 7. The summed E-state index contributed by atoms with van der Waals surface area (Å²) in [7, 11) is 0. The molecule has 0 saturated heterocycles. The van der Waals surface area contributed by atoms with E-state index in [0.717, 1.165) is 11.3 Å².